The Hall–Kier alpha value is -2.55. The van der Waals surface area contributed by atoms with E-state index in [-0.39, 0.29) is 0 Å². The van der Waals surface area contributed by atoms with Crippen LogP contribution in [0, 0.1) is 0 Å². The number of oxazole rings is 1. The van der Waals surface area contributed by atoms with Crippen molar-refractivity contribution in [3.8, 4) is 5.75 Å². The van der Waals surface area contributed by atoms with Crippen molar-refractivity contribution >= 4 is 17.2 Å². The highest BCUT2D eigenvalue weighted by Gasteiger charge is 1.93. The summed E-state index contributed by atoms with van der Waals surface area (Å²) in [6.45, 7) is 16.2. The van der Waals surface area contributed by atoms with Crippen molar-refractivity contribution in [1.82, 2.24) is 4.98 Å². The number of fused-ring (bicyclic) bond motifs is 1. The van der Waals surface area contributed by atoms with Gasteiger partial charge in [0.1, 0.15) is 11.3 Å². The smallest absolute Gasteiger partial charge is 0.181 e. The van der Waals surface area contributed by atoms with Gasteiger partial charge < -0.3 is 9.15 Å². The molecule has 0 saturated heterocycles. The van der Waals surface area contributed by atoms with Crippen LogP contribution in [-0.2, 0) is 0 Å². The molecular weight excluding hydrogens is 334 g/mol. The second-order valence-corrected chi connectivity index (χ2v) is 5.18. The summed E-state index contributed by atoms with van der Waals surface area (Å²) in [5.41, 5.74) is 2.79. The molecule has 27 heavy (non-hydrogen) atoms. The first-order valence-corrected chi connectivity index (χ1v) is 9.71. The molecule has 3 rings (SSSR count). The van der Waals surface area contributed by atoms with Gasteiger partial charge in [0.15, 0.2) is 12.0 Å². The van der Waals surface area contributed by atoms with E-state index in [1.807, 2.05) is 62.4 Å². The summed E-state index contributed by atoms with van der Waals surface area (Å²) in [6, 6.07) is 15.4. The van der Waals surface area contributed by atoms with Crippen LogP contribution >= 0.6 is 0 Å². The zero-order valence-electron chi connectivity index (χ0n) is 18.2. The molecule has 0 N–H and O–H groups in total. The van der Waals surface area contributed by atoms with Crippen LogP contribution in [0.15, 0.2) is 65.9 Å². The molecule has 3 nitrogen and oxygen atoms in total. The number of methoxy groups -OCH3 is 1. The SMILES string of the molecule is C=Cc1ccccc1OC.CC.CCC.CCC.c1ccc2ocnc2c1. The van der Waals surface area contributed by atoms with Crippen LogP contribution in [0.2, 0.25) is 0 Å². The number of hydrogen-bond donors (Lipinski definition) is 0. The van der Waals surface area contributed by atoms with Crippen molar-refractivity contribution in [1.29, 1.82) is 0 Å². The minimum absolute atomic E-state index is 0.845. The summed E-state index contributed by atoms with van der Waals surface area (Å²) in [7, 11) is 1.66. The second-order valence-electron chi connectivity index (χ2n) is 5.18. The third kappa shape index (κ3) is 12.4. The van der Waals surface area contributed by atoms with Crippen molar-refractivity contribution in [2.45, 2.75) is 54.4 Å². The first kappa shape index (κ1) is 26.7. The van der Waals surface area contributed by atoms with Gasteiger partial charge in [-0.05, 0) is 18.2 Å². The fourth-order valence-electron chi connectivity index (χ4n) is 1.64. The van der Waals surface area contributed by atoms with E-state index < -0.39 is 0 Å². The summed E-state index contributed by atoms with van der Waals surface area (Å²) >= 11 is 0. The van der Waals surface area contributed by atoms with Gasteiger partial charge in [0, 0.05) is 5.56 Å². The largest absolute Gasteiger partial charge is 0.496 e. The quantitative estimate of drug-likeness (QED) is 0.457. The van der Waals surface area contributed by atoms with E-state index in [0.29, 0.717) is 0 Å². The van der Waals surface area contributed by atoms with Gasteiger partial charge >= 0.3 is 0 Å². The summed E-state index contributed by atoms with van der Waals surface area (Å²) < 4.78 is 10.1. The zero-order chi connectivity index (χ0) is 20.9. The topological polar surface area (TPSA) is 35.3 Å². The van der Waals surface area contributed by atoms with Gasteiger partial charge in [-0.3, -0.25) is 0 Å². The van der Waals surface area contributed by atoms with Crippen molar-refractivity contribution in [2.24, 2.45) is 0 Å². The van der Waals surface area contributed by atoms with E-state index in [9.17, 15) is 0 Å². The lowest BCUT2D eigenvalue weighted by molar-refractivity contribution is 0.414. The van der Waals surface area contributed by atoms with Gasteiger partial charge in [-0.15, -0.1) is 0 Å². The van der Waals surface area contributed by atoms with Gasteiger partial charge in [0.25, 0.3) is 0 Å². The molecule has 0 fully saturated rings. The third-order valence-electron chi connectivity index (χ3n) is 2.60. The predicted molar refractivity (Wildman–Crippen MR) is 120 cm³/mol. The van der Waals surface area contributed by atoms with Crippen LogP contribution in [0.5, 0.6) is 5.75 Å². The first-order chi connectivity index (χ1) is 13.2. The standard InChI is InChI=1S/C9H10O.C7H5NO.2C3H8.C2H6/c1-3-8-6-4-5-7-9(8)10-2;1-2-4-7-6(3-1)8-5-9-7;2*1-3-2;1-2/h3-7H,1H2,2H3;1-5H;2*3H2,1-2H3;1-2H3. The number of hydrogen-bond acceptors (Lipinski definition) is 3. The minimum Gasteiger partial charge on any atom is -0.496 e. The summed E-state index contributed by atoms with van der Waals surface area (Å²) in [6.07, 6.45) is 5.73. The molecule has 1 heterocycles. The molecule has 0 aliphatic carbocycles. The van der Waals surface area contributed by atoms with E-state index in [2.05, 4.69) is 39.3 Å². The maximum Gasteiger partial charge on any atom is 0.181 e. The van der Waals surface area contributed by atoms with Gasteiger partial charge in [0.2, 0.25) is 0 Å². The Morgan fingerprint density at radius 3 is 1.93 bits per heavy atom. The molecule has 3 heteroatoms. The summed E-state index contributed by atoms with van der Waals surface area (Å²) in [4.78, 5) is 3.95. The zero-order valence-corrected chi connectivity index (χ0v) is 18.2. The average molecular weight is 372 g/mol. The maximum atomic E-state index is 5.06. The molecular formula is C24H37NO2. The Bertz CT molecular complexity index is 657. The first-order valence-electron chi connectivity index (χ1n) is 9.71. The molecule has 0 bridgehead atoms. The second kappa shape index (κ2) is 19.8. The number of benzene rings is 2. The Labute approximate surface area is 166 Å². The molecule has 0 aliphatic rings. The Morgan fingerprint density at radius 1 is 0.926 bits per heavy atom. The molecule has 0 saturated carbocycles. The highest BCUT2D eigenvalue weighted by atomic mass is 16.5. The molecule has 0 amide bonds. The summed E-state index contributed by atoms with van der Waals surface area (Å²) in [5, 5.41) is 0. The molecule has 0 atom stereocenters. The fourth-order valence-corrected chi connectivity index (χ4v) is 1.64. The summed E-state index contributed by atoms with van der Waals surface area (Å²) in [5.74, 6) is 0.873. The fraction of sp³-hybridized carbons (Fsp3) is 0.375. The van der Waals surface area contributed by atoms with Crippen molar-refractivity contribution < 1.29 is 9.15 Å². The van der Waals surface area contributed by atoms with E-state index in [4.69, 9.17) is 9.15 Å². The number of ether oxygens (including phenoxy) is 1. The minimum atomic E-state index is 0.845. The number of rotatable bonds is 2. The molecule has 2 aromatic carbocycles. The van der Waals surface area contributed by atoms with Crippen molar-refractivity contribution in [2.75, 3.05) is 7.11 Å². The molecule has 0 spiro atoms. The molecule has 0 radical (unpaired) electrons. The molecule has 150 valence electrons. The van der Waals surface area contributed by atoms with Crippen molar-refractivity contribution in [3.05, 3.63) is 67.1 Å². The lowest BCUT2D eigenvalue weighted by Gasteiger charge is -2.01. The number of aromatic nitrogens is 1. The van der Waals surface area contributed by atoms with Gasteiger partial charge in [-0.1, -0.05) is 97.4 Å². The van der Waals surface area contributed by atoms with E-state index in [0.717, 1.165) is 22.4 Å². The molecule has 0 unspecified atom stereocenters. The van der Waals surface area contributed by atoms with Gasteiger partial charge in [0.05, 0.1) is 7.11 Å². The normalized spacial score (nSPS) is 8.26. The Morgan fingerprint density at radius 2 is 1.44 bits per heavy atom. The van der Waals surface area contributed by atoms with Crippen LogP contribution in [0.1, 0.15) is 59.9 Å². The van der Waals surface area contributed by atoms with Crippen LogP contribution in [0.4, 0.5) is 0 Å². The average Bonchev–Trinajstić information content (AvgIpc) is 3.20. The van der Waals surface area contributed by atoms with Gasteiger partial charge in [-0.2, -0.15) is 0 Å². The Kier molecular flexibility index (Phi) is 19.5. The van der Waals surface area contributed by atoms with Gasteiger partial charge in [-0.25, -0.2) is 4.98 Å². The lowest BCUT2D eigenvalue weighted by Crippen LogP contribution is -1.84. The number of para-hydroxylation sites is 3. The molecule has 1 aromatic heterocycles. The van der Waals surface area contributed by atoms with E-state index in [1.54, 1.807) is 13.2 Å². The van der Waals surface area contributed by atoms with Crippen LogP contribution in [0.25, 0.3) is 17.2 Å². The Balaban J connectivity index is 0. The molecule has 0 aliphatic heterocycles. The van der Waals surface area contributed by atoms with Crippen LogP contribution in [-0.4, -0.2) is 12.1 Å². The van der Waals surface area contributed by atoms with Crippen molar-refractivity contribution in [3.63, 3.8) is 0 Å². The van der Waals surface area contributed by atoms with E-state index >= 15 is 0 Å². The van der Waals surface area contributed by atoms with Crippen LogP contribution in [0.3, 0.4) is 0 Å². The predicted octanol–water partition coefficient (Wildman–Crippen LogP) is 8.02. The third-order valence-corrected chi connectivity index (χ3v) is 2.60. The monoisotopic (exact) mass is 371 g/mol. The highest BCUT2D eigenvalue weighted by molar-refractivity contribution is 5.71. The number of nitrogens with zero attached hydrogens (tertiary/aromatic N) is 1. The molecule has 3 aromatic rings. The lowest BCUT2D eigenvalue weighted by atomic mass is 10.2. The van der Waals surface area contributed by atoms with E-state index in [1.165, 1.54) is 19.2 Å². The van der Waals surface area contributed by atoms with Crippen LogP contribution < -0.4 is 4.74 Å². The maximum absolute atomic E-state index is 5.06. The highest BCUT2D eigenvalue weighted by Crippen LogP contribution is 2.17.